The van der Waals surface area contributed by atoms with Crippen LogP contribution in [0, 0.1) is 0 Å². The Kier molecular flexibility index (Phi) is 4.97. The van der Waals surface area contributed by atoms with Crippen LogP contribution in [0.25, 0.3) is 28.3 Å². The standard InChI is InChI=1S/C23H15BrN6O/c24-19-7-2-1-6-18(19)23(31)26-17-5-3-4-16(14-17)20-8-9-21-27-28-22(30(21)29-20)15-10-12-25-13-11-15/h1-14H,(H,26,31). The zero-order valence-electron chi connectivity index (χ0n) is 16.1. The lowest BCUT2D eigenvalue weighted by Gasteiger charge is -2.09. The van der Waals surface area contributed by atoms with E-state index in [1.807, 2.05) is 66.7 Å². The number of aromatic nitrogens is 5. The van der Waals surface area contributed by atoms with Crippen molar-refractivity contribution < 1.29 is 4.79 Å². The van der Waals surface area contributed by atoms with E-state index in [1.54, 1.807) is 23.0 Å². The molecular weight excluding hydrogens is 456 g/mol. The number of carbonyl (C=O) groups excluding carboxylic acids is 1. The Bertz CT molecular complexity index is 1400. The fraction of sp³-hybridized carbons (Fsp3) is 0. The number of anilines is 1. The summed E-state index contributed by atoms with van der Waals surface area (Å²) in [7, 11) is 0. The number of amides is 1. The van der Waals surface area contributed by atoms with Crippen LogP contribution in [0.4, 0.5) is 5.69 Å². The normalized spacial score (nSPS) is 10.9. The molecule has 7 nitrogen and oxygen atoms in total. The maximum Gasteiger partial charge on any atom is 0.256 e. The molecule has 0 aliphatic carbocycles. The molecule has 150 valence electrons. The molecule has 3 heterocycles. The number of benzene rings is 2. The summed E-state index contributed by atoms with van der Waals surface area (Å²) in [6.07, 6.45) is 3.41. The van der Waals surface area contributed by atoms with Crippen molar-refractivity contribution in [3.63, 3.8) is 0 Å². The van der Waals surface area contributed by atoms with Gasteiger partial charge in [0.2, 0.25) is 0 Å². The summed E-state index contributed by atoms with van der Waals surface area (Å²) in [6, 6.07) is 22.3. The van der Waals surface area contributed by atoms with Gasteiger partial charge in [0.15, 0.2) is 11.5 Å². The van der Waals surface area contributed by atoms with Gasteiger partial charge in [0.25, 0.3) is 5.91 Å². The van der Waals surface area contributed by atoms with Gasteiger partial charge in [-0.1, -0.05) is 24.3 Å². The van der Waals surface area contributed by atoms with E-state index in [2.05, 4.69) is 36.4 Å². The number of halogens is 1. The molecule has 3 aromatic heterocycles. The second-order valence-corrected chi connectivity index (χ2v) is 7.62. The highest BCUT2D eigenvalue weighted by Gasteiger charge is 2.12. The molecular formula is C23H15BrN6O. The highest BCUT2D eigenvalue weighted by Crippen LogP contribution is 2.24. The molecule has 0 saturated heterocycles. The predicted molar refractivity (Wildman–Crippen MR) is 122 cm³/mol. The lowest BCUT2D eigenvalue weighted by molar-refractivity contribution is 0.102. The number of hydrogen-bond donors (Lipinski definition) is 1. The van der Waals surface area contributed by atoms with Crippen LogP contribution in [0.1, 0.15) is 10.4 Å². The minimum atomic E-state index is -0.188. The van der Waals surface area contributed by atoms with Gasteiger partial charge >= 0.3 is 0 Å². The summed E-state index contributed by atoms with van der Waals surface area (Å²) in [6.45, 7) is 0. The molecule has 31 heavy (non-hydrogen) atoms. The fourth-order valence-electron chi connectivity index (χ4n) is 3.22. The van der Waals surface area contributed by atoms with E-state index in [4.69, 9.17) is 5.10 Å². The third kappa shape index (κ3) is 3.80. The average Bonchev–Trinajstić information content (AvgIpc) is 3.23. The second kappa shape index (κ2) is 8.08. The number of pyridine rings is 1. The Hall–Kier alpha value is -3.91. The number of hydrogen-bond acceptors (Lipinski definition) is 5. The van der Waals surface area contributed by atoms with Crippen LogP contribution in [-0.2, 0) is 0 Å². The van der Waals surface area contributed by atoms with Crippen LogP contribution in [0.5, 0.6) is 0 Å². The molecule has 0 aliphatic rings. The zero-order chi connectivity index (χ0) is 21.2. The lowest BCUT2D eigenvalue weighted by atomic mass is 10.1. The zero-order valence-corrected chi connectivity index (χ0v) is 17.7. The van der Waals surface area contributed by atoms with Crippen molar-refractivity contribution in [3.8, 4) is 22.6 Å². The van der Waals surface area contributed by atoms with Gasteiger partial charge in [0, 0.05) is 33.7 Å². The highest BCUT2D eigenvalue weighted by molar-refractivity contribution is 9.10. The molecule has 2 aromatic carbocycles. The minimum Gasteiger partial charge on any atom is -0.322 e. The Labute approximate surface area is 185 Å². The SMILES string of the molecule is O=C(Nc1cccc(-c2ccc3nnc(-c4ccncc4)n3n2)c1)c1ccccc1Br. The number of nitrogens with zero attached hydrogens (tertiary/aromatic N) is 5. The maximum absolute atomic E-state index is 12.6. The highest BCUT2D eigenvalue weighted by atomic mass is 79.9. The monoisotopic (exact) mass is 470 g/mol. The molecule has 8 heteroatoms. The van der Waals surface area contributed by atoms with Crippen molar-refractivity contribution in [2.45, 2.75) is 0 Å². The molecule has 0 bridgehead atoms. The summed E-state index contributed by atoms with van der Waals surface area (Å²) in [5, 5.41) is 16.1. The van der Waals surface area contributed by atoms with Gasteiger partial charge in [-0.25, -0.2) is 0 Å². The molecule has 0 radical (unpaired) electrons. The largest absolute Gasteiger partial charge is 0.322 e. The van der Waals surface area contributed by atoms with Crippen molar-refractivity contribution in [1.29, 1.82) is 0 Å². The van der Waals surface area contributed by atoms with E-state index in [0.717, 1.165) is 21.3 Å². The lowest BCUT2D eigenvalue weighted by Crippen LogP contribution is -2.12. The van der Waals surface area contributed by atoms with Crippen LogP contribution >= 0.6 is 15.9 Å². The van der Waals surface area contributed by atoms with Gasteiger partial charge in [-0.2, -0.15) is 9.61 Å². The summed E-state index contributed by atoms with van der Waals surface area (Å²) < 4.78 is 2.45. The number of fused-ring (bicyclic) bond motifs is 1. The van der Waals surface area contributed by atoms with E-state index < -0.39 is 0 Å². The topological polar surface area (TPSA) is 85.1 Å². The van der Waals surface area contributed by atoms with Crippen LogP contribution in [0.2, 0.25) is 0 Å². The summed E-state index contributed by atoms with van der Waals surface area (Å²) in [5.74, 6) is 0.449. The van der Waals surface area contributed by atoms with Crippen molar-refractivity contribution in [2.75, 3.05) is 5.32 Å². The van der Waals surface area contributed by atoms with Crippen molar-refractivity contribution in [3.05, 3.63) is 95.2 Å². The molecule has 1 N–H and O–H groups in total. The number of nitrogens with one attached hydrogen (secondary N) is 1. The number of rotatable bonds is 4. The van der Waals surface area contributed by atoms with E-state index in [0.29, 0.717) is 22.7 Å². The van der Waals surface area contributed by atoms with Crippen molar-refractivity contribution >= 4 is 33.2 Å². The van der Waals surface area contributed by atoms with E-state index in [1.165, 1.54) is 0 Å². The third-order valence-corrected chi connectivity index (χ3v) is 5.43. The van der Waals surface area contributed by atoms with E-state index in [-0.39, 0.29) is 5.91 Å². The van der Waals surface area contributed by atoms with Crippen molar-refractivity contribution in [1.82, 2.24) is 24.8 Å². The van der Waals surface area contributed by atoms with Gasteiger partial charge < -0.3 is 5.32 Å². The Balaban J connectivity index is 1.48. The van der Waals surface area contributed by atoms with E-state index >= 15 is 0 Å². The van der Waals surface area contributed by atoms with Gasteiger partial charge in [0.05, 0.1) is 11.3 Å². The molecule has 0 aliphatic heterocycles. The van der Waals surface area contributed by atoms with Crippen molar-refractivity contribution in [2.24, 2.45) is 0 Å². The molecule has 5 aromatic rings. The van der Waals surface area contributed by atoms with Gasteiger partial charge in [-0.3, -0.25) is 9.78 Å². The average molecular weight is 471 g/mol. The predicted octanol–water partition coefficient (Wildman–Crippen LogP) is 4.87. The molecule has 0 spiro atoms. The maximum atomic E-state index is 12.6. The molecule has 1 amide bonds. The molecule has 0 fully saturated rings. The first kappa shape index (κ1) is 19.1. The fourth-order valence-corrected chi connectivity index (χ4v) is 3.69. The molecule has 0 saturated carbocycles. The molecule has 0 atom stereocenters. The minimum absolute atomic E-state index is 0.188. The third-order valence-electron chi connectivity index (χ3n) is 4.74. The Morgan fingerprint density at radius 3 is 2.55 bits per heavy atom. The number of carbonyl (C=O) groups is 1. The Morgan fingerprint density at radius 2 is 1.71 bits per heavy atom. The van der Waals surface area contributed by atoms with Crippen LogP contribution < -0.4 is 5.32 Å². The summed E-state index contributed by atoms with van der Waals surface area (Å²) in [5.41, 5.74) is 4.37. The molecule has 0 unspecified atom stereocenters. The second-order valence-electron chi connectivity index (χ2n) is 6.76. The first-order valence-corrected chi connectivity index (χ1v) is 10.3. The molecule has 5 rings (SSSR count). The van der Waals surface area contributed by atoms with Gasteiger partial charge in [-0.05, 0) is 64.5 Å². The smallest absolute Gasteiger partial charge is 0.256 e. The van der Waals surface area contributed by atoms with E-state index in [9.17, 15) is 4.79 Å². The Morgan fingerprint density at radius 1 is 0.871 bits per heavy atom. The first-order valence-electron chi connectivity index (χ1n) is 9.48. The van der Waals surface area contributed by atoms with Crippen LogP contribution in [0.3, 0.4) is 0 Å². The van der Waals surface area contributed by atoms with Gasteiger partial charge in [0.1, 0.15) is 0 Å². The van der Waals surface area contributed by atoms with Crippen LogP contribution in [0.15, 0.2) is 89.7 Å². The first-order chi connectivity index (χ1) is 15.2. The summed E-state index contributed by atoms with van der Waals surface area (Å²) in [4.78, 5) is 16.7. The van der Waals surface area contributed by atoms with Gasteiger partial charge in [-0.15, -0.1) is 10.2 Å². The quantitative estimate of drug-likeness (QED) is 0.405. The van der Waals surface area contributed by atoms with Crippen LogP contribution in [-0.4, -0.2) is 30.7 Å². The summed E-state index contributed by atoms with van der Waals surface area (Å²) >= 11 is 3.42.